The molecule has 3 aromatic rings. The van der Waals surface area contributed by atoms with Crippen LogP contribution in [0.1, 0.15) is 47.4 Å². The Labute approximate surface area is 224 Å². The molecule has 194 valence electrons. The van der Waals surface area contributed by atoms with Gasteiger partial charge in [0.05, 0.1) is 11.6 Å². The number of likely N-dealkylation sites (N-methyl/N-ethyl adjacent to an activating group) is 1. The summed E-state index contributed by atoms with van der Waals surface area (Å²) in [4.78, 5) is 29.6. The first-order chi connectivity index (χ1) is 17.8. The molecule has 6 rings (SSSR count). The summed E-state index contributed by atoms with van der Waals surface area (Å²) in [5.74, 6) is 0.483. The van der Waals surface area contributed by atoms with Crippen LogP contribution in [0.15, 0.2) is 41.2 Å². The molecule has 0 bridgehead atoms. The normalized spacial score (nSPS) is 22.8. The fourth-order valence-electron chi connectivity index (χ4n) is 6.04. The monoisotopic (exact) mass is 542 g/mol. The topological polar surface area (TPSA) is 96.5 Å². The highest BCUT2D eigenvalue weighted by Gasteiger charge is 2.51. The number of rotatable bonds is 6. The number of anilines is 1. The van der Waals surface area contributed by atoms with Crippen molar-refractivity contribution in [3.63, 3.8) is 0 Å². The molecule has 2 fully saturated rings. The summed E-state index contributed by atoms with van der Waals surface area (Å²) < 4.78 is 6.90. The van der Waals surface area contributed by atoms with Gasteiger partial charge in [0.25, 0.3) is 5.91 Å². The third-order valence-electron chi connectivity index (χ3n) is 8.07. The molecule has 0 unspecified atom stereocenters. The van der Waals surface area contributed by atoms with E-state index in [1.165, 1.54) is 11.6 Å². The number of nitrogens with one attached hydrogen (secondary N) is 1. The number of hydrogen-bond acceptors (Lipinski definition) is 6. The van der Waals surface area contributed by atoms with Gasteiger partial charge in [0.2, 0.25) is 11.7 Å². The van der Waals surface area contributed by atoms with Crippen molar-refractivity contribution in [3.05, 3.63) is 63.7 Å². The van der Waals surface area contributed by atoms with Crippen LogP contribution < -0.4 is 10.2 Å². The number of benzene rings is 1. The molecule has 1 aliphatic carbocycles. The standard InChI is InChI=1S/C26H28Cl2N6O3/c1-32-21-3-2-18(27)10-20(21)26(25(32)36)4-6-33(7-5-26)13-17-12-29-34(15-17)14-16-8-19(9-16)30-24(35)22-11-23(28)31-37-22/h2-3,10-12,15-16,19H,4-9,13-14H2,1H3,(H,30,35). The maximum absolute atomic E-state index is 13.2. The highest BCUT2D eigenvalue weighted by molar-refractivity contribution is 6.31. The van der Waals surface area contributed by atoms with Crippen LogP contribution >= 0.6 is 23.2 Å². The van der Waals surface area contributed by atoms with Gasteiger partial charge >= 0.3 is 0 Å². The highest BCUT2D eigenvalue weighted by atomic mass is 35.5. The fourth-order valence-corrected chi connectivity index (χ4v) is 6.34. The van der Waals surface area contributed by atoms with Crippen LogP contribution in [0.25, 0.3) is 0 Å². The molecule has 4 heterocycles. The summed E-state index contributed by atoms with van der Waals surface area (Å²) in [5, 5.41) is 11.9. The van der Waals surface area contributed by atoms with E-state index in [0.29, 0.717) is 10.9 Å². The van der Waals surface area contributed by atoms with Crippen molar-refractivity contribution in [1.82, 2.24) is 25.2 Å². The lowest BCUT2D eigenvalue weighted by Crippen LogP contribution is -2.47. The molecule has 2 aliphatic heterocycles. The number of carbonyl (C=O) groups is 2. The first-order valence-electron chi connectivity index (χ1n) is 12.6. The molecule has 1 N–H and O–H groups in total. The van der Waals surface area contributed by atoms with Gasteiger partial charge in [-0.2, -0.15) is 5.10 Å². The minimum atomic E-state index is -0.467. The summed E-state index contributed by atoms with van der Waals surface area (Å²) in [5.41, 5.74) is 2.75. The average molecular weight is 543 g/mol. The van der Waals surface area contributed by atoms with Gasteiger partial charge in [-0.3, -0.25) is 19.2 Å². The van der Waals surface area contributed by atoms with Crippen LogP contribution in [0.3, 0.4) is 0 Å². The number of carbonyl (C=O) groups excluding carboxylic acids is 2. The molecule has 1 spiro atoms. The van der Waals surface area contributed by atoms with Gasteiger partial charge in [-0.15, -0.1) is 0 Å². The van der Waals surface area contributed by atoms with Crippen LogP contribution in [0, 0.1) is 5.92 Å². The van der Waals surface area contributed by atoms with Gasteiger partial charge in [0.15, 0.2) is 5.15 Å². The number of piperidine rings is 1. The largest absolute Gasteiger partial charge is 0.349 e. The maximum Gasteiger partial charge on any atom is 0.290 e. The molecular weight excluding hydrogens is 515 g/mol. The van der Waals surface area contributed by atoms with Crippen molar-refractivity contribution in [2.45, 2.75) is 50.2 Å². The van der Waals surface area contributed by atoms with Crippen LogP contribution in [0.2, 0.25) is 10.2 Å². The molecule has 0 atom stereocenters. The van der Waals surface area contributed by atoms with Crippen molar-refractivity contribution in [2.75, 3.05) is 25.0 Å². The molecule has 2 aromatic heterocycles. The van der Waals surface area contributed by atoms with Gasteiger partial charge in [-0.05, 0) is 68.5 Å². The van der Waals surface area contributed by atoms with Crippen molar-refractivity contribution >= 4 is 40.7 Å². The Kier molecular flexibility index (Phi) is 6.25. The van der Waals surface area contributed by atoms with E-state index in [2.05, 4.69) is 26.7 Å². The second-order valence-corrected chi connectivity index (χ2v) is 11.3. The number of fused-ring (bicyclic) bond motifs is 2. The smallest absolute Gasteiger partial charge is 0.290 e. The number of halogens is 2. The number of aromatic nitrogens is 3. The van der Waals surface area contributed by atoms with E-state index in [4.69, 9.17) is 27.7 Å². The van der Waals surface area contributed by atoms with E-state index >= 15 is 0 Å². The Morgan fingerprint density at radius 2 is 2.00 bits per heavy atom. The molecule has 0 radical (unpaired) electrons. The lowest BCUT2D eigenvalue weighted by molar-refractivity contribution is -0.124. The van der Waals surface area contributed by atoms with E-state index < -0.39 is 5.41 Å². The molecule has 9 nitrogen and oxygen atoms in total. The second-order valence-electron chi connectivity index (χ2n) is 10.5. The predicted molar refractivity (Wildman–Crippen MR) is 139 cm³/mol. The maximum atomic E-state index is 13.2. The Hall–Kier alpha value is -2.88. The van der Waals surface area contributed by atoms with Gasteiger partial charge < -0.3 is 14.7 Å². The zero-order chi connectivity index (χ0) is 25.7. The molecule has 1 aromatic carbocycles. The van der Waals surface area contributed by atoms with E-state index in [9.17, 15) is 9.59 Å². The van der Waals surface area contributed by atoms with Crippen LogP contribution in [0.4, 0.5) is 5.69 Å². The minimum absolute atomic E-state index is 0.120. The number of likely N-dealkylation sites (tertiary alicyclic amines) is 1. The zero-order valence-corrected chi connectivity index (χ0v) is 22.0. The van der Waals surface area contributed by atoms with E-state index in [1.807, 2.05) is 36.1 Å². The van der Waals surface area contributed by atoms with Crippen LogP contribution in [0.5, 0.6) is 0 Å². The summed E-state index contributed by atoms with van der Waals surface area (Å²) in [7, 11) is 1.86. The molecule has 1 saturated carbocycles. The third kappa shape index (κ3) is 4.53. The SMILES string of the molecule is CN1C(=O)C2(CCN(Cc3cnn(CC4CC(NC(=O)c5cc(Cl)no5)C4)c3)CC2)c2cc(Cl)ccc21. The molecule has 1 saturated heterocycles. The van der Waals surface area contributed by atoms with Crippen LogP contribution in [-0.2, 0) is 23.3 Å². The lowest BCUT2D eigenvalue weighted by Gasteiger charge is -2.38. The summed E-state index contributed by atoms with van der Waals surface area (Å²) in [6, 6.07) is 7.31. The lowest BCUT2D eigenvalue weighted by atomic mass is 9.73. The molecule has 2 amide bonds. The molecule has 37 heavy (non-hydrogen) atoms. The first kappa shape index (κ1) is 24.5. The zero-order valence-electron chi connectivity index (χ0n) is 20.5. The number of hydrogen-bond donors (Lipinski definition) is 1. The van der Waals surface area contributed by atoms with Crippen molar-refractivity contribution < 1.29 is 14.1 Å². The highest BCUT2D eigenvalue weighted by Crippen LogP contribution is 2.48. The quantitative estimate of drug-likeness (QED) is 0.507. The fraction of sp³-hybridized carbons (Fsp3) is 0.462. The van der Waals surface area contributed by atoms with E-state index in [-0.39, 0.29) is 28.8 Å². The minimum Gasteiger partial charge on any atom is -0.349 e. The Balaban J connectivity index is 0.992. The summed E-state index contributed by atoms with van der Waals surface area (Å²) in [6.45, 7) is 3.32. The molecular formula is C26H28Cl2N6O3. The second kappa shape index (κ2) is 9.45. The van der Waals surface area contributed by atoms with E-state index in [1.54, 1.807) is 4.90 Å². The number of nitrogens with zero attached hydrogens (tertiary/aromatic N) is 5. The summed E-state index contributed by atoms with van der Waals surface area (Å²) in [6.07, 6.45) is 7.39. The van der Waals surface area contributed by atoms with Crippen LogP contribution in [-0.4, -0.2) is 57.8 Å². The molecule has 3 aliphatic rings. The first-order valence-corrected chi connectivity index (χ1v) is 13.3. The van der Waals surface area contributed by atoms with E-state index in [0.717, 1.165) is 63.1 Å². The average Bonchev–Trinajstić information content (AvgIpc) is 3.54. The molecule has 11 heteroatoms. The van der Waals surface area contributed by atoms with Crippen molar-refractivity contribution in [1.29, 1.82) is 0 Å². The number of amides is 2. The Bertz CT molecular complexity index is 1340. The van der Waals surface area contributed by atoms with Gasteiger partial charge in [0, 0.05) is 54.7 Å². The van der Waals surface area contributed by atoms with Gasteiger partial charge in [0.1, 0.15) is 0 Å². The Morgan fingerprint density at radius 1 is 1.22 bits per heavy atom. The third-order valence-corrected chi connectivity index (χ3v) is 8.49. The van der Waals surface area contributed by atoms with Gasteiger partial charge in [-0.1, -0.05) is 28.4 Å². The van der Waals surface area contributed by atoms with Crippen molar-refractivity contribution in [2.24, 2.45) is 5.92 Å². The Morgan fingerprint density at radius 3 is 2.73 bits per heavy atom. The van der Waals surface area contributed by atoms with Gasteiger partial charge in [-0.25, -0.2) is 0 Å². The van der Waals surface area contributed by atoms with Crippen molar-refractivity contribution in [3.8, 4) is 0 Å². The predicted octanol–water partition coefficient (Wildman–Crippen LogP) is 3.90. The summed E-state index contributed by atoms with van der Waals surface area (Å²) >= 11 is 12.0.